The van der Waals surface area contributed by atoms with E-state index < -0.39 is 0 Å². The second-order valence-electron chi connectivity index (χ2n) is 16.9. The third-order valence-electron chi connectivity index (χ3n) is 12.9. The first-order chi connectivity index (χ1) is 27.1. The molecule has 3 aromatic rings. The zero-order valence-corrected chi connectivity index (χ0v) is 36.7. The van der Waals surface area contributed by atoms with Gasteiger partial charge < -0.3 is 12.3 Å². The van der Waals surface area contributed by atoms with Gasteiger partial charge in [-0.05, 0) is 121 Å². The van der Waals surface area contributed by atoms with Crippen LogP contribution in [0.1, 0.15) is 114 Å². The fraction of sp³-hybridized carbons (Fsp3) is 0.321. The van der Waals surface area contributed by atoms with Gasteiger partial charge in [0.1, 0.15) is 0 Å². The van der Waals surface area contributed by atoms with Crippen molar-refractivity contribution in [2.75, 3.05) is 0 Å². The summed E-state index contributed by atoms with van der Waals surface area (Å²) in [4.78, 5) is 0. The van der Waals surface area contributed by atoms with Gasteiger partial charge in [-0.3, -0.25) is 0 Å². The maximum atomic E-state index is 4.35. The summed E-state index contributed by atoms with van der Waals surface area (Å²) in [6.45, 7) is 24.4. The van der Waals surface area contributed by atoms with Gasteiger partial charge in [0.2, 0.25) is 0 Å². The standard InChI is InChI=1S/C29H30.C27H34.2H3N/c1-6-22-23(7-2)29(26-16-15-19(3)17-27(26)28(22,4)5)24-13-9-8-11-20(24)18-21-12-10-14-25(21)29;1-5-11-25(6-2)27-20-18-24(19-21-27)13-10-12-22(3)16-17-23(4)26-14-8-7-9-15-26;;/h6-14,17,21H,1-2,15-16,18H2,3-5H3;5,7-12,14-16,18-21,23,25H,6,13,17H2,1-4H3;2*1H3/b;11-5-,12-10+,22-16+;;. The van der Waals surface area contributed by atoms with E-state index in [9.17, 15) is 0 Å². The van der Waals surface area contributed by atoms with Crippen LogP contribution in [-0.4, -0.2) is 0 Å². The monoisotopic (exact) mass is 771 g/mol. The summed E-state index contributed by atoms with van der Waals surface area (Å²) in [5.41, 5.74) is 16.9. The minimum absolute atomic E-state index is 0. The fourth-order valence-electron chi connectivity index (χ4n) is 9.83. The predicted octanol–water partition coefficient (Wildman–Crippen LogP) is 15.7. The van der Waals surface area contributed by atoms with Gasteiger partial charge in [0.15, 0.2) is 0 Å². The largest absolute Gasteiger partial charge is 0.344 e. The van der Waals surface area contributed by atoms with Gasteiger partial charge in [0, 0.05) is 17.3 Å². The summed E-state index contributed by atoms with van der Waals surface area (Å²) in [6.07, 6.45) is 31.6. The highest BCUT2D eigenvalue weighted by Crippen LogP contribution is 2.64. The molecule has 304 valence electrons. The number of allylic oxidation sites excluding steroid dienone is 18. The molecule has 3 aromatic carbocycles. The van der Waals surface area contributed by atoms with E-state index in [1.165, 1.54) is 61.3 Å². The zero-order valence-electron chi connectivity index (χ0n) is 36.7. The molecule has 0 radical (unpaired) electrons. The molecule has 0 fully saturated rings. The normalized spacial score (nSPS) is 21.4. The topological polar surface area (TPSA) is 70.0 Å². The highest BCUT2D eigenvalue weighted by atomic mass is 14.6. The van der Waals surface area contributed by atoms with Crippen molar-refractivity contribution >= 4 is 0 Å². The van der Waals surface area contributed by atoms with Crippen molar-refractivity contribution < 1.29 is 0 Å². The van der Waals surface area contributed by atoms with E-state index >= 15 is 0 Å². The first-order valence-corrected chi connectivity index (χ1v) is 21.1. The van der Waals surface area contributed by atoms with E-state index in [0.29, 0.717) is 17.8 Å². The van der Waals surface area contributed by atoms with E-state index in [1.807, 2.05) is 0 Å². The minimum Gasteiger partial charge on any atom is -0.344 e. The molecular weight excluding hydrogens is 701 g/mol. The third-order valence-corrected chi connectivity index (χ3v) is 12.9. The Bertz CT molecular complexity index is 2160. The molecule has 0 aliphatic heterocycles. The number of hydrogen-bond acceptors (Lipinski definition) is 2. The van der Waals surface area contributed by atoms with Crippen molar-refractivity contribution in [1.29, 1.82) is 0 Å². The Morgan fingerprint density at radius 3 is 2.24 bits per heavy atom. The molecule has 0 saturated carbocycles. The molecule has 2 heteroatoms. The summed E-state index contributed by atoms with van der Waals surface area (Å²) in [5, 5.41) is 0. The van der Waals surface area contributed by atoms with Crippen LogP contribution < -0.4 is 12.3 Å². The Balaban J connectivity index is 0.000000249. The van der Waals surface area contributed by atoms with Crippen molar-refractivity contribution in [1.82, 2.24) is 12.3 Å². The van der Waals surface area contributed by atoms with Crippen molar-refractivity contribution in [3.05, 3.63) is 226 Å². The van der Waals surface area contributed by atoms with Crippen LogP contribution >= 0.6 is 0 Å². The van der Waals surface area contributed by atoms with E-state index in [1.54, 1.807) is 5.57 Å². The first kappa shape index (κ1) is 45.7. The van der Waals surface area contributed by atoms with Gasteiger partial charge in [-0.1, -0.05) is 198 Å². The highest BCUT2D eigenvalue weighted by Gasteiger charge is 2.54. The molecule has 4 unspecified atom stereocenters. The molecule has 58 heavy (non-hydrogen) atoms. The third kappa shape index (κ3) is 9.00. The van der Waals surface area contributed by atoms with Crippen LogP contribution in [0.2, 0.25) is 0 Å². The lowest BCUT2D eigenvalue weighted by atomic mass is 9.48. The lowest BCUT2D eigenvalue weighted by Crippen LogP contribution is -2.46. The molecule has 0 aromatic heterocycles. The van der Waals surface area contributed by atoms with Crippen LogP contribution in [0.4, 0.5) is 0 Å². The maximum Gasteiger partial charge on any atom is 0.0641 e. The summed E-state index contributed by atoms with van der Waals surface area (Å²) >= 11 is 0. The lowest BCUT2D eigenvalue weighted by Gasteiger charge is -2.54. The van der Waals surface area contributed by atoms with Crippen LogP contribution in [0.3, 0.4) is 0 Å². The van der Waals surface area contributed by atoms with Gasteiger partial charge in [0.25, 0.3) is 0 Å². The summed E-state index contributed by atoms with van der Waals surface area (Å²) in [5.74, 6) is 1.56. The Hall–Kier alpha value is -5.02. The predicted molar refractivity (Wildman–Crippen MR) is 254 cm³/mol. The van der Waals surface area contributed by atoms with E-state index in [2.05, 4.69) is 207 Å². The molecule has 0 heterocycles. The van der Waals surface area contributed by atoms with Crippen molar-refractivity contribution in [3.8, 4) is 0 Å². The Kier molecular flexibility index (Phi) is 15.8. The second kappa shape index (κ2) is 20.1. The molecule has 4 aliphatic carbocycles. The Morgan fingerprint density at radius 1 is 0.879 bits per heavy atom. The maximum absolute atomic E-state index is 4.35. The first-order valence-electron chi connectivity index (χ1n) is 21.1. The van der Waals surface area contributed by atoms with Crippen molar-refractivity contribution in [2.24, 2.45) is 11.3 Å². The molecule has 0 saturated heterocycles. The molecular formula is C56H70N2. The molecule has 1 spiro atoms. The molecule has 4 atom stereocenters. The van der Waals surface area contributed by atoms with Crippen molar-refractivity contribution in [2.45, 2.75) is 104 Å². The molecule has 0 bridgehead atoms. The summed E-state index contributed by atoms with van der Waals surface area (Å²) < 4.78 is 0. The number of hydrogen-bond donors (Lipinski definition) is 2. The second-order valence-corrected chi connectivity index (χ2v) is 16.9. The quantitative estimate of drug-likeness (QED) is 0.151. The average Bonchev–Trinajstić information content (AvgIpc) is 3.70. The lowest BCUT2D eigenvalue weighted by molar-refractivity contribution is 0.457. The van der Waals surface area contributed by atoms with Gasteiger partial charge in [-0.15, -0.1) is 0 Å². The van der Waals surface area contributed by atoms with E-state index in [-0.39, 0.29) is 23.1 Å². The number of rotatable bonds is 11. The molecule has 0 amide bonds. The molecule has 6 N–H and O–H groups in total. The Labute approximate surface area is 352 Å². The van der Waals surface area contributed by atoms with E-state index in [4.69, 9.17) is 0 Å². The average molecular weight is 771 g/mol. The highest BCUT2D eigenvalue weighted by molar-refractivity contribution is 5.73. The van der Waals surface area contributed by atoms with Gasteiger partial charge in [-0.25, -0.2) is 0 Å². The SMILES string of the molecule is C/C=C\C(CC)c1ccc(C/C=C/C(C)=C/CC(C)c2ccccc2)cc1.C=CC1=C(C=C)C2(C3=CC=CC3Cc3ccccc32)C2=C(C=C(C)CC2)C1(C)C.N.N. The van der Waals surface area contributed by atoms with Gasteiger partial charge in [-0.2, -0.15) is 0 Å². The smallest absolute Gasteiger partial charge is 0.0641 e. The van der Waals surface area contributed by atoms with Crippen LogP contribution in [0.15, 0.2) is 198 Å². The molecule has 2 nitrogen and oxygen atoms in total. The van der Waals surface area contributed by atoms with Crippen LogP contribution in [0.25, 0.3) is 0 Å². The zero-order chi connectivity index (χ0) is 39.9. The molecule has 4 aliphatic rings. The van der Waals surface area contributed by atoms with Crippen LogP contribution in [0, 0.1) is 11.3 Å². The minimum atomic E-state index is -0.212. The van der Waals surface area contributed by atoms with Crippen LogP contribution in [0.5, 0.6) is 0 Å². The molecule has 7 rings (SSSR count). The fourth-order valence-corrected chi connectivity index (χ4v) is 9.83. The Morgan fingerprint density at radius 2 is 1.57 bits per heavy atom. The number of benzene rings is 3. The van der Waals surface area contributed by atoms with Crippen molar-refractivity contribution in [3.63, 3.8) is 0 Å². The summed E-state index contributed by atoms with van der Waals surface area (Å²) in [7, 11) is 0. The van der Waals surface area contributed by atoms with E-state index in [0.717, 1.165) is 38.5 Å². The van der Waals surface area contributed by atoms with Crippen LogP contribution in [-0.2, 0) is 18.3 Å². The number of fused-ring (bicyclic) bond motifs is 5. The summed E-state index contributed by atoms with van der Waals surface area (Å²) in [6, 6.07) is 28.9. The van der Waals surface area contributed by atoms with Gasteiger partial charge >= 0.3 is 0 Å². The van der Waals surface area contributed by atoms with Gasteiger partial charge in [0.05, 0.1) is 5.41 Å².